The summed E-state index contributed by atoms with van der Waals surface area (Å²) < 4.78 is 29.1. The van der Waals surface area contributed by atoms with Crippen LogP contribution in [0.15, 0.2) is 24.3 Å². The molecule has 1 aromatic carbocycles. The Morgan fingerprint density at radius 1 is 1.30 bits per heavy atom. The molecule has 0 radical (unpaired) electrons. The van der Waals surface area contributed by atoms with Gasteiger partial charge in [0.25, 0.3) is 5.92 Å². The maximum absolute atomic E-state index is 14.2. The van der Waals surface area contributed by atoms with E-state index in [1.54, 1.807) is 17.0 Å². The summed E-state index contributed by atoms with van der Waals surface area (Å²) in [4.78, 5) is 1.75. The monoisotopic (exact) mass is 418 g/mol. The number of rotatable bonds is 4. The molecule has 0 saturated carbocycles. The largest absolute Gasteiger partial charge is 0.390 e. The smallest absolute Gasteiger partial charge is 0.289 e. The molecule has 1 aromatic rings. The van der Waals surface area contributed by atoms with Crippen molar-refractivity contribution in [2.75, 3.05) is 32.8 Å². The van der Waals surface area contributed by atoms with Crippen LogP contribution in [0.4, 0.5) is 8.78 Å². The van der Waals surface area contributed by atoms with E-state index in [9.17, 15) is 8.78 Å². The number of alkyl halides is 2. The Bertz CT molecular complexity index is 431. The standard InChI is InChI=1S/C13H17F2IN2O.ClH/c14-13(15,9-19)12(18-7-5-17-6-8-18)10-3-1-2-4-11(10)16;/h1-4,12,17,19H,5-9H2;1H/t12-;/m1./s1. The van der Waals surface area contributed by atoms with Crippen molar-refractivity contribution in [2.24, 2.45) is 0 Å². The van der Waals surface area contributed by atoms with Crippen molar-refractivity contribution in [3.05, 3.63) is 33.4 Å². The molecule has 0 aliphatic carbocycles. The van der Waals surface area contributed by atoms with Crippen molar-refractivity contribution in [1.29, 1.82) is 0 Å². The third-order valence-electron chi connectivity index (χ3n) is 3.33. The Balaban J connectivity index is 0.00000200. The van der Waals surface area contributed by atoms with Gasteiger partial charge in [0.2, 0.25) is 0 Å². The average Bonchev–Trinajstić information content (AvgIpc) is 2.42. The van der Waals surface area contributed by atoms with Crippen LogP contribution in [0.5, 0.6) is 0 Å². The number of hydrogen-bond donors (Lipinski definition) is 2. The van der Waals surface area contributed by atoms with Crippen LogP contribution in [0.2, 0.25) is 0 Å². The summed E-state index contributed by atoms with van der Waals surface area (Å²) in [5.41, 5.74) is 0.587. The number of aliphatic hydroxyl groups excluding tert-OH is 1. The molecule has 1 heterocycles. The molecule has 2 rings (SSSR count). The van der Waals surface area contributed by atoms with Gasteiger partial charge in [-0.25, -0.2) is 8.78 Å². The van der Waals surface area contributed by atoms with Gasteiger partial charge in [-0.2, -0.15) is 0 Å². The molecule has 1 aliphatic rings. The molecule has 0 bridgehead atoms. The summed E-state index contributed by atoms with van der Waals surface area (Å²) in [7, 11) is 0. The molecular weight excluding hydrogens is 401 g/mol. The second-order valence-electron chi connectivity index (χ2n) is 4.63. The van der Waals surface area contributed by atoms with E-state index < -0.39 is 18.6 Å². The Morgan fingerprint density at radius 2 is 1.90 bits per heavy atom. The van der Waals surface area contributed by atoms with Gasteiger partial charge in [-0.3, -0.25) is 4.90 Å². The maximum Gasteiger partial charge on any atom is 0.289 e. The van der Waals surface area contributed by atoms with Crippen molar-refractivity contribution in [1.82, 2.24) is 10.2 Å². The molecule has 114 valence electrons. The van der Waals surface area contributed by atoms with Crippen LogP contribution in [0.1, 0.15) is 11.6 Å². The molecule has 1 saturated heterocycles. The van der Waals surface area contributed by atoms with E-state index in [1.807, 2.05) is 12.1 Å². The van der Waals surface area contributed by atoms with Crippen LogP contribution in [0.3, 0.4) is 0 Å². The maximum atomic E-state index is 14.2. The number of nitrogens with one attached hydrogen (secondary N) is 1. The molecule has 0 spiro atoms. The first kappa shape index (κ1) is 18.0. The van der Waals surface area contributed by atoms with Crippen LogP contribution in [0, 0.1) is 3.57 Å². The molecular formula is C13H18ClF2IN2O. The third kappa shape index (κ3) is 4.00. The number of benzene rings is 1. The molecule has 0 aromatic heterocycles. The second kappa shape index (κ2) is 7.84. The van der Waals surface area contributed by atoms with E-state index in [2.05, 4.69) is 27.9 Å². The zero-order chi connectivity index (χ0) is 13.9. The predicted molar refractivity (Wildman–Crippen MR) is 85.6 cm³/mol. The molecule has 7 heteroatoms. The summed E-state index contributed by atoms with van der Waals surface area (Å²) in [6, 6.07) is 6.07. The Labute approximate surface area is 137 Å². The second-order valence-corrected chi connectivity index (χ2v) is 5.79. The lowest BCUT2D eigenvalue weighted by atomic mass is 9.98. The highest BCUT2D eigenvalue weighted by Gasteiger charge is 2.44. The first-order valence-corrected chi connectivity index (χ1v) is 7.32. The highest BCUT2D eigenvalue weighted by atomic mass is 127. The van der Waals surface area contributed by atoms with Gasteiger partial charge >= 0.3 is 0 Å². The minimum Gasteiger partial charge on any atom is -0.390 e. The molecule has 0 unspecified atom stereocenters. The lowest BCUT2D eigenvalue weighted by Gasteiger charge is -2.39. The van der Waals surface area contributed by atoms with Crippen molar-refractivity contribution in [3.63, 3.8) is 0 Å². The van der Waals surface area contributed by atoms with Gasteiger partial charge in [0.1, 0.15) is 12.6 Å². The number of aliphatic hydroxyl groups is 1. The zero-order valence-electron chi connectivity index (χ0n) is 10.9. The predicted octanol–water partition coefficient (Wildman–Crippen LogP) is 2.29. The Hall–Kier alpha value is -0.0200. The Morgan fingerprint density at radius 3 is 2.45 bits per heavy atom. The topological polar surface area (TPSA) is 35.5 Å². The third-order valence-corrected chi connectivity index (χ3v) is 4.31. The van der Waals surface area contributed by atoms with Gasteiger partial charge in [0.05, 0.1) is 0 Å². The number of nitrogens with zero attached hydrogens (tertiary/aromatic N) is 1. The fourth-order valence-electron chi connectivity index (χ4n) is 2.41. The van der Waals surface area contributed by atoms with E-state index in [1.165, 1.54) is 0 Å². The molecule has 2 N–H and O–H groups in total. The van der Waals surface area contributed by atoms with Crippen LogP contribution in [0.25, 0.3) is 0 Å². The van der Waals surface area contributed by atoms with Gasteiger partial charge < -0.3 is 10.4 Å². The molecule has 0 amide bonds. The lowest BCUT2D eigenvalue weighted by Crippen LogP contribution is -2.51. The lowest BCUT2D eigenvalue weighted by molar-refractivity contribution is -0.118. The molecule has 1 atom stereocenters. The zero-order valence-corrected chi connectivity index (χ0v) is 13.8. The van der Waals surface area contributed by atoms with Gasteiger partial charge in [0, 0.05) is 29.7 Å². The van der Waals surface area contributed by atoms with E-state index in [-0.39, 0.29) is 12.4 Å². The molecule has 1 aliphatic heterocycles. The quantitative estimate of drug-likeness (QED) is 0.737. The first-order chi connectivity index (χ1) is 9.06. The summed E-state index contributed by atoms with van der Waals surface area (Å²) in [5.74, 6) is -3.14. The van der Waals surface area contributed by atoms with Gasteiger partial charge in [-0.1, -0.05) is 18.2 Å². The highest BCUT2D eigenvalue weighted by Crippen LogP contribution is 2.38. The van der Waals surface area contributed by atoms with Crippen LogP contribution in [-0.2, 0) is 0 Å². The summed E-state index contributed by atoms with van der Waals surface area (Å²) in [6.45, 7) is 1.38. The first-order valence-electron chi connectivity index (χ1n) is 6.24. The van der Waals surface area contributed by atoms with E-state index >= 15 is 0 Å². The highest BCUT2D eigenvalue weighted by molar-refractivity contribution is 14.1. The minimum absolute atomic E-state index is 0. The number of piperazine rings is 1. The van der Waals surface area contributed by atoms with Crippen LogP contribution in [-0.4, -0.2) is 48.7 Å². The van der Waals surface area contributed by atoms with Gasteiger partial charge in [0.15, 0.2) is 0 Å². The van der Waals surface area contributed by atoms with Crippen LogP contribution < -0.4 is 5.32 Å². The molecule has 20 heavy (non-hydrogen) atoms. The fraction of sp³-hybridized carbons (Fsp3) is 0.538. The minimum atomic E-state index is -3.14. The van der Waals surface area contributed by atoms with Gasteiger partial charge in [-0.15, -0.1) is 12.4 Å². The van der Waals surface area contributed by atoms with E-state index in [0.29, 0.717) is 31.7 Å². The molecule has 1 fully saturated rings. The summed E-state index contributed by atoms with van der Waals surface area (Å²) in [5, 5.41) is 12.2. The normalized spacial score (nSPS) is 18.4. The summed E-state index contributed by atoms with van der Waals surface area (Å²) >= 11 is 2.07. The number of hydrogen-bond acceptors (Lipinski definition) is 3. The van der Waals surface area contributed by atoms with Crippen LogP contribution >= 0.6 is 35.0 Å². The van der Waals surface area contributed by atoms with Crippen molar-refractivity contribution in [3.8, 4) is 0 Å². The average molecular weight is 419 g/mol. The van der Waals surface area contributed by atoms with Crippen molar-refractivity contribution >= 4 is 35.0 Å². The van der Waals surface area contributed by atoms with E-state index in [0.717, 1.165) is 3.57 Å². The SMILES string of the molecule is Cl.OCC(F)(F)[C@@H](c1ccccc1I)N1CCNCC1. The number of halogens is 4. The summed E-state index contributed by atoms with van der Waals surface area (Å²) in [6.07, 6.45) is 0. The fourth-order valence-corrected chi connectivity index (χ4v) is 3.10. The van der Waals surface area contributed by atoms with E-state index in [4.69, 9.17) is 5.11 Å². The Kier molecular flexibility index (Phi) is 7.07. The van der Waals surface area contributed by atoms with Crippen molar-refractivity contribution in [2.45, 2.75) is 12.0 Å². The molecule has 3 nitrogen and oxygen atoms in total. The van der Waals surface area contributed by atoms with Gasteiger partial charge in [-0.05, 0) is 34.2 Å². The van der Waals surface area contributed by atoms with Crippen molar-refractivity contribution < 1.29 is 13.9 Å².